The van der Waals surface area contributed by atoms with Crippen molar-refractivity contribution in [2.24, 2.45) is 23.2 Å². The minimum Gasteiger partial charge on any atom is -0.350 e. The van der Waals surface area contributed by atoms with Crippen LogP contribution in [0.4, 0.5) is 13.2 Å². The number of rotatable bonds is 6. The Bertz CT molecular complexity index is 997. The number of amides is 4. The Balaban J connectivity index is 1.47. The number of hydrogen-bond acceptors (Lipinski definition) is 5. The van der Waals surface area contributed by atoms with Crippen LogP contribution in [0, 0.1) is 34.5 Å². The van der Waals surface area contributed by atoms with E-state index in [1.54, 1.807) is 0 Å². The Kier molecular flexibility index (Phi) is 6.50. The molecule has 36 heavy (non-hydrogen) atoms. The molecule has 198 valence electrons. The van der Waals surface area contributed by atoms with E-state index in [4.69, 9.17) is 0 Å². The van der Waals surface area contributed by atoms with Crippen LogP contribution in [-0.2, 0) is 19.2 Å². The van der Waals surface area contributed by atoms with Crippen molar-refractivity contribution in [1.29, 1.82) is 5.26 Å². The van der Waals surface area contributed by atoms with Crippen LogP contribution in [0.15, 0.2) is 0 Å². The van der Waals surface area contributed by atoms with Gasteiger partial charge in [0, 0.05) is 18.0 Å². The number of fused-ring (bicyclic) bond motifs is 1. The van der Waals surface area contributed by atoms with E-state index in [2.05, 4.69) is 10.6 Å². The first kappa shape index (κ1) is 26.2. The fourth-order valence-corrected chi connectivity index (χ4v) is 5.48. The van der Waals surface area contributed by atoms with Gasteiger partial charge < -0.3 is 20.9 Å². The highest BCUT2D eigenvalue weighted by Crippen LogP contribution is 2.48. The van der Waals surface area contributed by atoms with E-state index in [0.29, 0.717) is 12.8 Å². The second kappa shape index (κ2) is 8.92. The van der Waals surface area contributed by atoms with E-state index in [1.165, 1.54) is 25.7 Å². The molecule has 4 rings (SSSR count). The SMILES string of the molecule is CC(C)(C)C(NC(=O)C(F)(F)F)C(=O)N1CC2CC2CC1C(=O)NC(C#N)CC1CC2(CC2)NC1=O. The molecule has 2 saturated heterocycles. The lowest BCUT2D eigenvalue weighted by Crippen LogP contribution is -2.62. The average Bonchev–Trinajstić information content (AvgIpc) is 3.68. The zero-order chi connectivity index (χ0) is 26.6. The van der Waals surface area contributed by atoms with Crippen molar-refractivity contribution in [3.05, 3.63) is 0 Å². The lowest BCUT2D eigenvalue weighted by atomic mass is 9.84. The van der Waals surface area contributed by atoms with Crippen LogP contribution in [0.1, 0.15) is 59.3 Å². The Labute approximate surface area is 207 Å². The van der Waals surface area contributed by atoms with E-state index in [0.717, 1.165) is 19.3 Å². The molecule has 4 amide bonds. The highest BCUT2D eigenvalue weighted by atomic mass is 19.4. The first-order valence-corrected chi connectivity index (χ1v) is 12.3. The van der Waals surface area contributed by atoms with E-state index < -0.39 is 53.4 Å². The monoisotopic (exact) mass is 511 g/mol. The quantitative estimate of drug-likeness (QED) is 0.496. The van der Waals surface area contributed by atoms with Gasteiger partial charge in [-0.2, -0.15) is 18.4 Å². The highest BCUT2D eigenvalue weighted by Gasteiger charge is 2.54. The Morgan fingerprint density at radius 2 is 1.83 bits per heavy atom. The molecule has 1 spiro atoms. The smallest absolute Gasteiger partial charge is 0.350 e. The van der Waals surface area contributed by atoms with Gasteiger partial charge in [0.25, 0.3) is 0 Å². The van der Waals surface area contributed by atoms with Crippen LogP contribution >= 0.6 is 0 Å². The first-order chi connectivity index (χ1) is 16.6. The third kappa shape index (κ3) is 5.44. The summed E-state index contributed by atoms with van der Waals surface area (Å²) in [4.78, 5) is 52.0. The van der Waals surface area contributed by atoms with Gasteiger partial charge in [-0.15, -0.1) is 0 Å². The number of carbonyl (C=O) groups excluding carboxylic acids is 4. The van der Waals surface area contributed by atoms with Gasteiger partial charge in [0.15, 0.2) is 0 Å². The van der Waals surface area contributed by atoms with Crippen molar-refractivity contribution in [2.75, 3.05) is 6.54 Å². The summed E-state index contributed by atoms with van der Waals surface area (Å²) in [6.07, 6.45) is -1.46. The van der Waals surface area contributed by atoms with Crippen molar-refractivity contribution in [2.45, 2.75) is 89.1 Å². The van der Waals surface area contributed by atoms with Gasteiger partial charge in [-0.25, -0.2) is 0 Å². The van der Waals surface area contributed by atoms with Gasteiger partial charge in [0.2, 0.25) is 17.7 Å². The largest absolute Gasteiger partial charge is 0.471 e. The maximum atomic E-state index is 13.5. The number of hydrogen-bond donors (Lipinski definition) is 3. The van der Waals surface area contributed by atoms with E-state index >= 15 is 0 Å². The van der Waals surface area contributed by atoms with Crippen LogP contribution in [-0.4, -0.2) is 64.9 Å². The average molecular weight is 512 g/mol. The highest BCUT2D eigenvalue weighted by molar-refractivity contribution is 5.94. The molecular weight excluding hydrogens is 479 g/mol. The van der Waals surface area contributed by atoms with Crippen LogP contribution in [0.3, 0.4) is 0 Å². The molecule has 2 heterocycles. The number of alkyl halides is 3. The minimum absolute atomic E-state index is 0.134. The molecule has 6 atom stereocenters. The van der Waals surface area contributed by atoms with Crippen LogP contribution < -0.4 is 16.0 Å². The lowest BCUT2D eigenvalue weighted by molar-refractivity contribution is -0.176. The number of likely N-dealkylation sites (tertiary alicyclic amines) is 1. The summed E-state index contributed by atoms with van der Waals surface area (Å²) in [7, 11) is 0. The molecular formula is C24H32F3N5O4. The standard InChI is InChI=1S/C24H32F3N5O4/c1-22(2,3)17(30-21(36)24(25,26)27)20(35)32-11-14-6-12(14)8-16(32)19(34)29-15(10-28)7-13-9-23(4-5-23)31-18(13)33/h12-17H,4-9,11H2,1-3H3,(H,29,34)(H,30,36)(H,31,33). The molecule has 12 heteroatoms. The first-order valence-electron chi connectivity index (χ1n) is 12.3. The number of carbonyl (C=O) groups is 4. The topological polar surface area (TPSA) is 131 Å². The second-order valence-electron chi connectivity index (χ2n) is 11.9. The van der Waals surface area contributed by atoms with E-state index in [-0.39, 0.29) is 36.2 Å². The summed E-state index contributed by atoms with van der Waals surface area (Å²) in [6, 6.07) is -1.39. The number of piperidine rings is 1. The molecule has 0 bridgehead atoms. The van der Waals surface area contributed by atoms with Gasteiger partial charge in [-0.05, 0) is 55.8 Å². The zero-order valence-electron chi connectivity index (χ0n) is 20.6. The maximum Gasteiger partial charge on any atom is 0.471 e. The predicted octanol–water partition coefficient (Wildman–Crippen LogP) is 1.38. The van der Waals surface area contributed by atoms with E-state index in [1.807, 2.05) is 11.4 Å². The fourth-order valence-electron chi connectivity index (χ4n) is 5.48. The molecule has 0 aromatic carbocycles. The molecule has 0 radical (unpaired) electrons. The zero-order valence-corrected chi connectivity index (χ0v) is 20.6. The lowest BCUT2D eigenvalue weighted by Gasteiger charge is -2.40. The molecule has 2 saturated carbocycles. The van der Waals surface area contributed by atoms with E-state index in [9.17, 15) is 37.6 Å². The Morgan fingerprint density at radius 3 is 2.36 bits per heavy atom. The Hall–Kier alpha value is -2.84. The third-order valence-electron chi connectivity index (χ3n) is 7.88. The maximum absolute atomic E-state index is 13.5. The predicted molar refractivity (Wildman–Crippen MR) is 120 cm³/mol. The Morgan fingerprint density at radius 1 is 1.17 bits per heavy atom. The normalized spacial score (nSPS) is 29.9. The summed E-state index contributed by atoms with van der Waals surface area (Å²) in [5.74, 6) is -3.70. The molecule has 3 N–H and O–H groups in total. The molecule has 4 fully saturated rings. The number of halogens is 3. The van der Waals surface area contributed by atoms with Crippen LogP contribution in [0.25, 0.3) is 0 Å². The van der Waals surface area contributed by atoms with Gasteiger partial charge >= 0.3 is 12.1 Å². The minimum atomic E-state index is -5.16. The molecule has 9 nitrogen and oxygen atoms in total. The van der Waals surface area contributed by atoms with Crippen LogP contribution in [0.5, 0.6) is 0 Å². The number of nitriles is 1. The van der Waals surface area contributed by atoms with Crippen molar-refractivity contribution in [3.63, 3.8) is 0 Å². The molecule has 2 aliphatic carbocycles. The molecule has 6 unspecified atom stereocenters. The summed E-state index contributed by atoms with van der Waals surface area (Å²) < 4.78 is 38.8. The second-order valence-corrected chi connectivity index (χ2v) is 11.9. The summed E-state index contributed by atoms with van der Waals surface area (Å²) in [6.45, 7) is 4.81. The number of nitrogens with one attached hydrogen (secondary N) is 3. The molecule has 4 aliphatic rings. The van der Waals surface area contributed by atoms with Crippen molar-refractivity contribution in [3.8, 4) is 6.07 Å². The summed E-state index contributed by atoms with van der Waals surface area (Å²) in [5.41, 5.74) is -1.22. The van der Waals surface area contributed by atoms with Gasteiger partial charge in [-0.1, -0.05) is 20.8 Å². The fraction of sp³-hybridized carbons (Fsp3) is 0.792. The molecule has 0 aromatic heterocycles. The summed E-state index contributed by atoms with van der Waals surface area (Å²) in [5, 5.41) is 17.1. The molecule has 2 aliphatic heterocycles. The van der Waals surface area contributed by atoms with Crippen molar-refractivity contribution in [1.82, 2.24) is 20.9 Å². The van der Waals surface area contributed by atoms with Gasteiger partial charge in [0.05, 0.1) is 6.07 Å². The van der Waals surface area contributed by atoms with Crippen LogP contribution in [0.2, 0.25) is 0 Å². The number of nitrogens with zero attached hydrogens (tertiary/aromatic N) is 2. The van der Waals surface area contributed by atoms with Gasteiger partial charge in [0.1, 0.15) is 18.1 Å². The van der Waals surface area contributed by atoms with Crippen molar-refractivity contribution >= 4 is 23.6 Å². The van der Waals surface area contributed by atoms with Crippen molar-refractivity contribution < 1.29 is 32.3 Å². The summed E-state index contributed by atoms with van der Waals surface area (Å²) >= 11 is 0. The van der Waals surface area contributed by atoms with Gasteiger partial charge in [-0.3, -0.25) is 19.2 Å². The molecule has 0 aromatic rings. The third-order valence-corrected chi connectivity index (χ3v) is 7.88.